The molecule has 0 heterocycles. The minimum atomic E-state index is -0.144. The van der Waals surface area contributed by atoms with Gasteiger partial charge in [-0.15, -0.1) is 0 Å². The number of benzene rings is 2. The van der Waals surface area contributed by atoms with E-state index in [9.17, 15) is 4.39 Å². The lowest BCUT2D eigenvalue weighted by Gasteiger charge is -2.11. The van der Waals surface area contributed by atoms with Crippen LogP contribution in [0.3, 0.4) is 0 Å². The van der Waals surface area contributed by atoms with Gasteiger partial charge in [-0.25, -0.2) is 4.39 Å². The van der Waals surface area contributed by atoms with Gasteiger partial charge >= 0.3 is 0 Å². The number of rotatable bonds is 8. The van der Waals surface area contributed by atoms with Gasteiger partial charge < -0.3 is 15.4 Å². The average molecular weight is 365 g/mol. The molecule has 0 saturated heterocycles. The fraction of sp³-hybridized carbons (Fsp3) is 0.278. The van der Waals surface area contributed by atoms with Gasteiger partial charge in [-0.05, 0) is 41.5 Å². The Hall–Kier alpha value is -1.79. The van der Waals surface area contributed by atoms with Gasteiger partial charge in [0.2, 0.25) is 0 Å². The topological polar surface area (TPSA) is 33.3 Å². The number of ether oxygens (including phenoxy) is 1. The molecule has 3 nitrogen and oxygen atoms in total. The molecule has 0 saturated carbocycles. The molecular weight excluding hydrogens is 343 g/mol. The number of thiocarbonyl (C=S) groups is 1. The second-order valence-electron chi connectivity index (χ2n) is 5.10. The number of thioether (sulfide) groups is 1. The number of hydrogen-bond donors (Lipinski definition) is 2. The van der Waals surface area contributed by atoms with Gasteiger partial charge in [0.05, 0.1) is 7.11 Å². The van der Waals surface area contributed by atoms with E-state index in [-0.39, 0.29) is 5.82 Å². The van der Waals surface area contributed by atoms with Crippen molar-refractivity contribution in [3.63, 3.8) is 0 Å². The molecule has 0 unspecified atom stereocenters. The van der Waals surface area contributed by atoms with E-state index in [2.05, 4.69) is 10.6 Å². The maximum atomic E-state index is 13.5. The van der Waals surface area contributed by atoms with Crippen LogP contribution in [-0.2, 0) is 12.3 Å². The van der Waals surface area contributed by atoms with Crippen molar-refractivity contribution in [3.05, 3.63) is 65.5 Å². The van der Waals surface area contributed by atoms with Gasteiger partial charge in [0.25, 0.3) is 0 Å². The van der Waals surface area contributed by atoms with E-state index < -0.39 is 0 Å². The van der Waals surface area contributed by atoms with E-state index in [0.29, 0.717) is 17.4 Å². The van der Waals surface area contributed by atoms with Gasteiger partial charge in [0, 0.05) is 24.6 Å². The molecule has 128 valence electrons. The first-order valence-corrected chi connectivity index (χ1v) is 9.21. The molecular formula is C18H21FN2OS2. The summed E-state index contributed by atoms with van der Waals surface area (Å²) in [4.78, 5) is 0. The molecule has 0 amide bonds. The van der Waals surface area contributed by atoms with E-state index in [4.69, 9.17) is 17.0 Å². The molecule has 2 rings (SSSR count). The highest BCUT2D eigenvalue weighted by Crippen LogP contribution is 2.14. The highest BCUT2D eigenvalue weighted by Gasteiger charge is 2.01. The van der Waals surface area contributed by atoms with Gasteiger partial charge in [-0.2, -0.15) is 11.8 Å². The number of methoxy groups -OCH3 is 1. The second kappa shape index (κ2) is 10.2. The first kappa shape index (κ1) is 18.5. The monoisotopic (exact) mass is 364 g/mol. The quantitative estimate of drug-likeness (QED) is 0.551. The van der Waals surface area contributed by atoms with Crippen LogP contribution in [0.4, 0.5) is 4.39 Å². The first-order chi connectivity index (χ1) is 11.7. The Morgan fingerprint density at radius 3 is 2.58 bits per heavy atom. The van der Waals surface area contributed by atoms with Crippen LogP contribution in [0.1, 0.15) is 11.1 Å². The van der Waals surface area contributed by atoms with Crippen molar-refractivity contribution >= 4 is 29.1 Å². The minimum absolute atomic E-state index is 0.144. The predicted octanol–water partition coefficient (Wildman–Crippen LogP) is 3.73. The van der Waals surface area contributed by atoms with Crippen molar-refractivity contribution in [2.24, 2.45) is 0 Å². The predicted molar refractivity (Wildman–Crippen MR) is 103 cm³/mol. The SMILES string of the molecule is COc1ccc(CNC(=S)NCCSCc2ccccc2F)cc1. The molecule has 2 aromatic rings. The van der Waals surface area contributed by atoms with Crippen LogP contribution in [0.5, 0.6) is 5.75 Å². The normalized spacial score (nSPS) is 10.2. The summed E-state index contributed by atoms with van der Waals surface area (Å²) in [6.07, 6.45) is 0. The van der Waals surface area contributed by atoms with Crippen molar-refractivity contribution in [3.8, 4) is 5.75 Å². The second-order valence-corrected chi connectivity index (χ2v) is 6.61. The molecule has 0 aromatic heterocycles. The van der Waals surface area contributed by atoms with Gasteiger partial charge in [-0.3, -0.25) is 0 Å². The standard InChI is InChI=1S/C18H21FN2OS2/c1-22-16-8-6-14(7-9-16)12-21-18(23)20-10-11-24-13-15-4-2-3-5-17(15)19/h2-9H,10-13H2,1H3,(H2,20,21,23). The maximum Gasteiger partial charge on any atom is 0.166 e. The van der Waals surface area contributed by atoms with Crippen molar-refractivity contribution in [2.45, 2.75) is 12.3 Å². The van der Waals surface area contributed by atoms with Crippen LogP contribution in [0.15, 0.2) is 48.5 Å². The molecule has 0 radical (unpaired) electrons. The van der Waals surface area contributed by atoms with Crippen LogP contribution in [0, 0.1) is 5.82 Å². The highest BCUT2D eigenvalue weighted by molar-refractivity contribution is 7.98. The van der Waals surface area contributed by atoms with Gasteiger partial charge in [0.1, 0.15) is 11.6 Å². The van der Waals surface area contributed by atoms with Crippen LogP contribution in [0.25, 0.3) is 0 Å². The van der Waals surface area contributed by atoms with Crippen LogP contribution < -0.4 is 15.4 Å². The lowest BCUT2D eigenvalue weighted by Crippen LogP contribution is -2.36. The number of hydrogen-bond acceptors (Lipinski definition) is 3. The Morgan fingerprint density at radius 1 is 1.12 bits per heavy atom. The van der Waals surface area contributed by atoms with Crippen molar-refractivity contribution < 1.29 is 9.13 Å². The molecule has 0 fully saturated rings. The van der Waals surface area contributed by atoms with Gasteiger partial charge in [-0.1, -0.05) is 30.3 Å². The third kappa shape index (κ3) is 6.37. The first-order valence-electron chi connectivity index (χ1n) is 7.65. The van der Waals surface area contributed by atoms with E-state index in [1.807, 2.05) is 36.4 Å². The minimum Gasteiger partial charge on any atom is -0.497 e. The summed E-state index contributed by atoms with van der Waals surface area (Å²) < 4.78 is 18.6. The number of halogens is 1. The largest absolute Gasteiger partial charge is 0.497 e. The fourth-order valence-electron chi connectivity index (χ4n) is 2.02. The summed E-state index contributed by atoms with van der Waals surface area (Å²) in [6, 6.07) is 14.7. The zero-order valence-electron chi connectivity index (χ0n) is 13.5. The molecule has 24 heavy (non-hydrogen) atoms. The van der Waals surface area contributed by atoms with E-state index in [1.54, 1.807) is 24.9 Å². The molecule has 6 heteroatoms. The van der Waals surface area contributed by atoms with Crippen LogP contribution in [0.2, 0.25) is 0 Å². The Balaban J connectivity index is 1.58. The molecule has 0 bridgehead atoms. The van der Waals surface area contributed by atoms with Crippen LogP contribution in [-0.4, -0.2) is 24.5 Å². The Morgan fingerprint density at radius 2 is 1.88 bits per heavy atom. The molecule has 2 N–H and O–H groups in total. The highest BCUT2D eigenvalue weighted by atomic mass is 32.2. The Labute approximate surface area is 152 Å². The van der Waals surface area contributed by atoms with Crippen molar-refractivity contribution in [1.82, 2.24) is 10.6 Å². The summed E-state index contributed by atoms with van der Waals surface area (Å²) in [5.41, 5.74) is 1.87. The Bertz CT molecular complexity index is 650. The molecule has 0 aliphatic carbocycles. The zero-order chi connectivity index (χ0) is 17.2. The molecule has 0 atom stereocenters. The lowest BCUT2D eigenvalue weighted by molar-refractivity contribution is 0.414. The molecule has 0 spiro atoms. The molecule has 0 aliphatic heterocycles. The van der Waals surface area contributed by atoms with Crippen molar-refractivity contribution in [2.75, 3.05) is 19.4 Å². The summed E-state index contributed by atoms with van der Waals surface area (Å²) in [5, 5.41) is 6.94. The molecule has 2 aromatic carbocycles. The summed E-state index contributed by atoms with van der Waals surface area (Å²) >= 11 is 6.93. The summed E-state index contributed by atoms with van der Waals surface area (Å²) in [6.45, 7) is 1.41. The van der Waals surface area contributed by atoms with Crippen LogP contribution >= 0.6 is 24.0 Å². The lowest BCUT2D eigenvalue weighted by atomic mass is 10.2. The van der Waals surface area contributed by atoms with E-state index >= 15 is 0 Å². The van der Waals surface area contributed by atoms with Crippen molar-refractivity contribution in [1.29, 1.82) is 0 Å². The summed E-state index contributed by atoms with van der Waals surface area (Å²) in [5.74, 6) is 2.22. The average Bonchev–Trinajstić information content (AvgIpc) is 2.61. The van der Waals surface area contributed by atoms with Gasteiger partial charge in [0.15, 0.2) is 5.11 Å². The van der Waals surface area contributed by atoms with E-state index in [0.717, 1.165) is 29.2 Å². The molecule has 0 aliphatic rings. The summed E-state index contributed by atoms with van der Waals surface area (Å²) in [7, 11) is 1.65. The third-order valence-corrected chi connectivity index (χ3v) is 4.66. The number of nitrogens with one attached hydrogen (secondary N) is 2. The smallest absolute Gasteiger partial charge is 0.166 e. The maximum absolute atomic E-state index is 13.5. The Kier molecular flexibility index (Phi) is 7.85. The van der Waals surface area contributed by atoms with E-state index in [1.165, 1.54) is 6.07 Å². The zero-order valence-corrected chi connectivity index (χ0v) is 15.2. The third-order valence-electron chi connectivity index (χ3n) is 3.36. The fourth-order valence-corrected chi connectivity index (χ4v) is 3.04.